The van der Waals surface area contributed by atoms with Gasteiger partial charge in [-0.1, -0.05) is 26.0 Å². The van der Waals surface area contributed by atoms with Gasteiger partial charge in [0.1, 0.15) is 11.6 Å². The number of nitro groups is 1. The van der Waals surface area contributed by atoms with E-state index in [1.165, 1.54) is 35.2 Å². The Morgan fingerprint density at radius 1 is 1.22 bits per heavy atom. The van der Waals surface area contributed by atoms with Crippen molar-refractivity contribution in [2.24, 2.45) is 5.41 Å². The minimum Gasteiger partial charge on any atom is -0.406 e. The first-order valence-electron chi connectivity index (χ1n) is 10.8. The van der Waals surface area contributed by atoms with Crippen LogP contribution in [0.1, 0.15) is 38.3 Å². The van der Waals surface area contributed by atoms with E-state index >= 15 is 0 Å². The Balaban J connectivity index is 1.95. The number of amides is 1. The Morgan fingerprint density at radius 2 is 1.89 bits per heavy atom. The molecule has 0 aromatic heterocycles. The van der Waals surface area contributed by atoms with E-state index in [1.807, 2.05) is 13.8 Å². The van der Waals surface area contributed by atoms with Gasteiger partial charge in [-0.25, -0.2) is 0 Å². The van der Waals surface area contributed by atoms with Crippen molar-refractivity contribution < 1.29 is 32.4 Å². The number of Topliss-reactive ketones (excluding diaryl/α,β-unsaturated/α-hetero) is 1. The molecule has 0 radical (unpaired) electrons. The van der Waals surface area contributed by atoms with Crippen LogP contribution in [0.5, 0.6) is 5.75 Å². The number of carbonyl (C=O) groups is 2. The standard InChI is InChI=1S/C24H21ClF3N3O5/c1-23(2)10-17-21(19(32)11-23)22(13-3-6-15(7-4-13)36-24(26,27)28)30(20(33)12-25)18-8-5-14(31(34)35)9-16(18)29-17/h3-9,22,29H,10-12H2,1-2H3. The molecule has 0 bridgehead atoms. The van der Waals surface area contributed by atoms with Gasteiger partial charge in [0.25, 0.3) is 5.69 Å². The molecule has 1 N–H and O–H groups in total. The number of hydrogen-bond acceptors (Lipinski definition) is 6. The predicted molar refractivity (Wildman–Crippen MR) is 126 cm³/mol. The molecule has 1 heterocycles. The van der Waals surface area contributed by atoms with Crippen LogP contribution in [0.15, 0.2) is 53.7 Å². The van der Waals surface area contributed by atoms with Crippen molar-refractivity contribution in [3.05, 3.63) is 69.4 Å². The molecule has 0 spiro atoms. The minimum atomic E-state index is -4.89. The van der Waals surface area contributed by atoms with E-state index in [9.17, 15) is 32.9 Å². The summed E-state index contributed by atoms with van der Waals surface area (Å²) in [5, 5.41) is 14.6. The maximum atomic E-state index is 13.5. The Morgan fingerprint density at radius 3 is 2.47 bits per heavy atom. The van der Waals surface area contributed by atoms with Crippen molar-refractivity contribution in [1.29, 1.82) is 0 Å². The zero-order chi connectivity index (χ0) is 26.4. The quantitative estimate of drug-likeness (QED) is 0.305. The lowest BCUT2D eigenvalue weighted by molar-refractivity contribution is -0.384. The van der Waals surface area contributed by atoms with Crippen LogP contribution >= 0.6 is 11.6 Å². The lowest BCUT2D eigenvalue weighted by atomic mass is 9.73. The fourth-order valence-electron chi connectivity index (χ4n) is 4.65. The Kier molecular flexibility index (Phi) is 6.46. The number of alkyl halides is 4. The Bertz CT molecular complexity index is 1270. The molecule has 2 aromatic rings. The largest absolute Gasteiger partial charge is 0.573 e. The Labute approximate surface area is 208 Å². The molecular weight excluding hydrogens is 503 g/mol. The van der Waals surface area contributed by atoms with Gasteiger partial charge in [-0.05, 0) is 35.6 Å². The molecule has 1 aliphatic carbocycles. The number of nitrogens with zero attached hydrogens (tertiary/aromatic N) is 2. The first kappa shape index (κ1) is 25.5. The summed E-state index contributed by atoms with van der Waals surface area (Å²) in [5.41, 5.74) is 0.878. The zero-order valence-electron chi connectivity index (χ0n) is 19.2. The van der Waals surface area contributed by atoms with Crippen LogP contribution < -0.4 is 15.0 Å². The predicted octanol–water partition coefficient (Wildman–Crippen LogP) is 5.88. The molecule has 1 aliphatic heterocycles. The lowest BCUT2D eigenvalue weighted by Gasteiger charge is -2.37. The average Bonchev–Trinajstić information content (AvgIpc) is 2.90. The number of nitrogens with one attached hydrogen (secondary N) is 1. The number of non-ortho nitro benzene ring substituents is 1. The topological polar surface area (TPSA) is 102 Å². The second-order valence-corrected chi connectivity index (χ2v) is 9.60. The fourth-order valence-corrected chi connectivity index (χ4v) is 4.78. The minimum absolute atomic E-state index is 0.165. The molecule has 8 nitrogen and oxygen atoms in total. The summed E-state index contributed by atoms with van der Waals surface area (Å²) in [6.45, 7) is 3.80. The highest BCUT2D eigenvalue weighted by Gasteiger charge is 2.43. The maximum Gasteiger partial charge on any atom is 0.573 e. The summed E-state index contributed by atoms with van der Waals surface area (Å²) >= 11 is 5.93. The van der Waals surface area contributed by atoms with Gasteiger partial charge in [0.05, 0.1) is 22.3 Å². The van der Waals surface area contributed by atoms with Gasteiger partial charge < -0.3 is 10.1 Å². The van der Waals surface area contributed by atoms with Crippen LogP contribution in [0, 0.1) is 15.5 Å². The summed E-state index contributed by atoms with van der Waals surface area (Å²) < 4.78 is 42.0. The van der Waals surface area contributed by atoms with E-state index in [0.717, 1.165) is 12.1 Å². The highest BCUT2D eigenvalue weighted by molar-refractivity contribution is 6.30. The number of hydrogen-bond donors (Lipinski definition) is 1. The number of anilines is 2. The van der Waals surface area contributed by atoms with Crippen molar-refractivity contribution in [2.75, 3.05) is 16.1 Å². The first-order valence-corrected chi connectivity index (χ1v) is 11.4. The van der Waals surface area contributed by atoms with E-state index in [1.54, 1.807) is 0 Å². The van der Waals surface area contributed by atoms with E-state index in [0.29, 0.717) is 17.7 Å². The summed E-state index contributed by atoms with van der Waals surface area (Å²) in [5.74, 6) is -1.79. The molecule has 36 heavy (non-hydrogen) atoms. The van der Waals surface area contributed by atoms with Gasteiger partial charge >= 0.3 is 6.36 Å². The molecular formula is C24H21ClF3N3O5. The molecule has 2 aromatic carbocycles. The van der Waals surface area contributed by atoms with Gasteiger partial charge in [0, 0.05) is 29.8 Å². The van der Waals surface area contributed by atoms with Crippen LogP contribution in [0.25, 0.3) is 0 Å². The van der Waals surface area contributed by atoms with Crippen molar-refractivity contribution in [3.63, 3.8) is 0 Å². The van der Waals surface area contributed by atoms with Crippen LogP contribution in [0.3, 0.4) is 0 Å². The summed E-state index contributed by atoms with van der Waals surface area (Å²) in [6, 6.07) is 7.71. The van der Waals surface area contributed by atoms with Crippen LogP contribution in [0.4, 0.5) is 30.2 Å². The van der Waals surface area contributed by atoms with E-state index in [2.05, 4.69) is 10.1 Å². The van der Waals surface area contributed by atoms with Crippen LogP contribution in [-0.4, -0.2) is 28.9 Å². The molecule has 1 unspecified atom stereocenters. The molecule has 190 valence electrons. The molecule has 0 saturated carbocycles. The third kappa shape index (κ3) is 5.01. The molecule has 1 amide bonds. The zero-order valence-corrected chi connectivity index (χ0v) is 19.9. The fraction of sp³-hybridized carbons (Fsp3) is 0.333. The SMILES string of the molecule is CC1(C)CC(=O)C2=C(C1)Nc1cc([N+](=O)[O-])ccc1N(C(=O)CCl)C2c1ccc(OC(F)(F)F)cc1. The number of fused-ring (bicyclic) bond motifs is 1. The van der Waals surface area contributed by atoms with Gasteiger partial charge in [0.2, 0.25) is 5.91 Å². The third-order valence-electron chi connectivity index (χ3n) is 6.00. The number of rotatable bonds is 4. The van der Waals surface area contributed by atoms with E-state index in [-0.39, 0.29) is 34.8 Å². The Hall–Kier alpha value is -3.60. The smallest absolute Gasteiger partial charge is 0.406 e. The number of allylic oxidation sites excluding steroid dienone is 1. The molecule has 2 aliphatic rings. The summed E-state index contributed by atoms with van der Waals surface area (Å²) in [7, 11) is 0. The van der Waals surface area contributed by atoms with Crippen molar-refractivity contribution in [3.8, 4) is 5.75 Å². The van der Waals surface area contributed by atoms with E-state index < -0.39 is 40.3 Å². The molecule has 0 saturated heterocycles. The number of ether oxygens (including phenoxy) is 1. The molecule has 0 fully saturated rings. The maximum absolute atomic E-state index is 13.5. The van der Waals surface area contributed by atoms with Crippen molar-refractivity contribution >= 4 is 40.4 Å². The van der Waals surface area contributed by atoms with Gasteiger partial charge in [-0.3, -0.25) is 24.6 Å². The summed E-state index contributed by atoms with van der Waals surface area (Å²) in [6.07, 6.45) is -4.33. The van der Waals surface area contributed by atoms with E-state index in [4.69, 9.17) is 11.6 Å². The number of halogens is 4. The average molecular weight is 524 g/mol. The van der Waals surface area contributed by atoms with Gasteiger partial charge in [0.15, 0.2) is 5.78 Å². The highest BCUT2D eigenvalue weighted by atomic mass is 35.5. The third-order valence-corrected chi connectivity index (χ3v) is 6.23. The van der Waals surface area contributed by atoms with Gasteiger partial charge in [-0.15, -0.1) is 24.8 Å². The number of nitro benzene ring substituents is 1. The lowest BCUT2D eigenvalue weighted by Crippen LogP contribution is -2.40. The van der Waals surface area contributed by atoms with Crippen LogP contribution in [0.2, 0.25) is 0 Å². The van der Waals surface area contributed by atoms with Crippen molar-refractivity contribution in [2.45, 2.75) is 39.1 Å². The second kappa shape index (κ2) is 9.12. The van der Waals surface area contributed by atoms with Crippen molar-refractivity contribution in [1.82, 2.24) is 0 Å². The first-order chi connectivity index (χ1) is 16.8. The number of carbonyl (C=O) groups excluding carboxylic acids is 2. The number of benzene rings is 2. The monoisotopic (exact) mass is 523 g/mol. The molecule has 1 atom stereocenters. The highest BCUT2D eigenvalue weighted by Crippen LogP contribution is 2.49. The van der Waals surface area contributed by atoms with Gasteiger partial charge in [-0.2, -0.15) is 0 Å². The second-order valence-electron chi connectivity index (χ2n) is 9.33. The number of ketones is 1. The molecule has 12 heteroatoms. The summed E-state index contributed by atoms with van der Waals surface area (Å²) in [4.78, 5) is 38.7. The molecule has 4 rings (SSSR count). The van der Waals surface area contributed by atoms with Crippen LogP contribution in [-0.2, 0) is 9.59 Å². The normalized spacial score (nSPS) is 19.1.